The molecule has 31 heavy (non-hydrogen) atoms. The van der Waals surface area contributed by atoms with Crippen LogP contribution in [-0.2, 0) is 4.79 Å². The number of nitrogens with zero attached hydrogens (tertiary/aromatic N) is 4. The molecule has 0 unspecified atom stereocenters. The minimum atomic E-state index is 0.113. The number of thioether (sulfide) groups is 1. The maximum absolute atomic E-state index is 12.8. The summed E-state index contributed by atoms with van der Waals surface area (Å²) in [7, 11) is 0. The van der Waals surface area contributed by atoms with Crippen LogP contribution in [0.2, 0.25) is 0 Å². The number of amides is 1. The van der Waals surface area contributed by atoms with Crippen LogP contribution >= 0.6 is 11.8 Å². The summed E-state index contributed by atoms with van der Waals surface area (Å²) in [6.45, 7) is 7.43. The van der Waals surface area contributed by atoms with Crippen LogP contribution in [0, 0.1) is 13.8 Å². The van der Waals surface area contributed by atoms with Gasteiger partial charge < -0.3 is 14.5 Å². The molecule has 0 atom stereocenters. The first-order valence-corrected chi connectivity index (χ1v) is 11.4. The molecule has 0 N–H and O–H groups in total. The molecule has 1 saturated heterocycles. The number of aromatic nitrogens is 2. The molecule has 2 heterocycles. The van der Waals surface area contributed by atoms with E-state index in [-0.39, 0.29) is 5.91 Å². The van der Waals surface area contributed by atoms with Gasteiger partial charge in [-0.1, -0.05) is 42.1 Å². The van der Waals surface area contributed by atoms with Crippen molar-refractivity contribution in [3.05, 3.63) is 72.1 Å². The zero-order valence-electron chi connectivity index (χ0n) is 17.8. The Bertz CT molecular complexity index is 1040. The Morgan fingerprint density at radius 2 is 1.71 bits per heavy atom. The number of piperazine rings is 1. The van der Waals surface area contributed by atoms with Crippen molar-refractivity contribution in [2.24, 2.45) is 0 Å². The number of carbonyl (C=O) groups is 1. The minimum absolute atomic E-state index is 0.113. The molecule has 160 valence electrons. The molecule has 7 heteroatoms. The number of rotatable bonds is 6. The highest BCUT2D eigenvalue weighted by atomic mass is 32.2. The van der Waals surface area contributed by atoms with Crippen LogP contribution in [0.3, 0.4) is 0 Å². The van der Waals surface area contributed by atoms with E-state index in [1.165, 1.54) is 28.6 Å². The van der Waals surface area contributed by atoms with Crippen molar-refractivity contribution in [2.45, 2.75) is 18.9 Å². The summed E-state index contributed by atoms with van der Waals surface area (Å²) in [6.07, 6.45) is 3.21. The SMILES string of the molecule is Cc1cccc(N2CCN(C(=O)CSc3nccnc3Oc3ccccc3)CC2)c1C. The van der Waals surface area contributed by atoms with Crippen molar-refractivity contribution in [3.63, 3.8) is 0 Å². The lowest BCUT2D eigenvalue weighted by Gasteiger charge is -2.37. The van der Waals surface area contributed by atoms with Gasteiger partial charge in [-0.2, -0.15) is 0 Å². The van der Waals surface area contributed by atoms with Crippen molar-refractivity contribution in [1.82, 2.24) is 14.9 Å². The third-order valence-electron chi connectivity index (χ3n) is 5.47. The first-order chi connectivity index (χ1) is 15.1. The molecule has 0 bridgehead atoms. The summed E-state index contributed by atoms with van der Waals surface area (Å²) in [5.74, 6) is 1.54. The Morgan fingerprint density at radius 3 is 2.48 bits per heavy atom. The Morgan fingerprint density at radius 1 is 0.968 bits per heavy atom. The maximum atomic E-state index is 12.8. The summed E-state index contributed by atoms with van der Waals surface area (Å²) in [5.41, 5.74) is 3.88. The second kappa shape index (κ2) is 9.83. The molecule has 1 aliphatic heterocycles. The molecule has 3 aromatic rings. The number of hydrogen-bond acceptors (Lipinski definition) is 6. The van der Waals surface area contributed by atoms with E-state index < -0.39 is 0 Å². The topological polar surface area (TPSA) is 58.6 Å². The average molecular weight is 435 g/mol. The fourth-order valence-electron chi connectivity index (χ4n) is 3.58. The lowest BCUT2D eigenvalue weighted by atomic mass is 10.1. The Labute approximate surface area is 187 Å². The predicted octanol–water partition coefficient (Wildman–Crippen LogP) is 4.33. The largest absolute Gasteiger partial charge is 0.437 e. The van der Waals surface area contributed by atoms with Gasteiger partial charge in [-0.3, -0.25) is 4.79 Å². The highest BCUT2D eigenvalue weighted by molar-refractivity contribution is 8.00. The zero-order valence-corrected chi connectivity index (χ0v) is 18.6. The smallest absolute Gasteiger partial charge is 0.252 e. The lowest BCUT2D eigenvalue weighted by molar-refractivity contribution is -0.128. The van der Waals surface area contributed by atoms with Crippen LogP contribution < -0.4 is 9.64 Å². The summed E-state index contributed by atoms with van der Waals surface area (Å²) < 4.78 is 5.85. The molecule has 0 saturated carbocycles. The van der Waals surface area contributed by atoms with E-state index in [4.69, 9.17) is 4.74 Å². The number of aryl methyl sites for hydroxylation is 1. The lowest BCUT2D eigenvalue weighted by Crippen LogP contribution is -2.49. The van der Waals surface area contributed by atoms with E-state index in [0.29, 0.717) is 22.4 Å². The molecule has 2 aromatic carbocycles. The molecular weight excluding hydrogens is 408 g/mol. The molecular formula is C24H26N4O2S. The van der Waals surface area contributed by atoms with Crippen LogP contribution in [0.4, 0.5) is 5.69 Å². The number of carbonyl (C=O) groups excluding carboxylic acids is 1. The van der Waals surface area contributed by atoms with Crippen molar-refractivity contribution in [3.8, 4) is 11.6 Å². The molecule has 1 fully saturated rings. The summed E-state index contributed by atoms with van der Waals surface area (Å²) in [5, 5.41) is 0.619. The van der Waals surface area contributed by atoms with E-state index in [1.54, 1.807) is 12.4 Å². The van der Waals surface area contributed by atoms with Gasteiger partial charge in [0, 0.05) is 44.3 Å². The number of benzene rings is 2. The summed E-state index contributed by atoms with van der Waals surface area (Å²) in [6, 6.07) is 15.9. The van der Waals surface area contributed by atoms with Gasteiger partial charge in [0.1, 0.15) is 5.75 Å². The molecule has 6 nitrogen and oxygen atoms in total. The van der Waals surface area contributed by atoms with E-state index >= 15 is 0 Å². The van der Waals surface area contributed by atoms with Crippen molar-refractivity contribution in [2.75, 3.05) is 36.8 Å². The summed E-state index contributed by atoms with van der Waals surface area (Å²) >= 11 is 1.37. The van der Waals surface area contributed by atoms with Gasteiger partial charge in [0.05, 0.1) is 5.75 Å². The second-order valence-electron chi connectivity index (χ2n) is 7.46. The molecule has 1 aromatic heterocycles. The highest BCUT2D eigenvalue weighted by Gasteiger charge is 2.23. The normalized spacial score (nSPS) is 13.9. The van der Waals surface area contributed by atoms with Gasteiger partial charge in [0.15, 0.2) is 5.03 Å². The van der Waals surface area contributed by atoms with Gasteiger partial charge in [-0.05, 0) is 43.2 Å². The Balaban J connectivity index is 1.33. The Hall–Kier alpha value is -3.06. The van der Waals surface area contributed by atoms with E-state index in [1.807, 2.05) is 35.2 Å². The molecule has 0 spiro atoms. The van der Waals surface area contributed by atoms with Crippen LogP contribution in [0.25, 0.3) is 0 Å². The van der Waals surface area contributed by atoms with Crippen molar-refractivity contribution in [1.29, 1.82) is 0 Å². The van der Waals surface area contributed by atoms with E-state index in [2.05, 4.69) is 46.9 Å². The zero-order chi connectivity index (χ0) is 21.6. The minimum Gasteiger partial charge on any atom is -0.437 e. The van der Waals surface area contributed by atoms with E-state index in [0.717, 1.165) is 26.2 Å². The molecule has 1 aliphatic rings. The van der Waals surface area contributed by atoms with Crippen LogP contribution in [0.15, 0.2) is 66.0 Å². The number of ether oxygens (including phenoxy) is 1. The van der Waals surface area contributed by atoms with Gasteiger partial charge in [-0.25, -0.2) is 9.97 Å². The standard InChI is InChI=1S/C24H26N4O2S/c1-18-7-6-10-21(19(18)2)27-13-15-28(16-14-27)22(29)17-31-24-23(25-11-12-26-24)30-20-8-4-3-5-9-20/h3-12H,13-17H2,1-2H3. The monoisotopic (exact) mass is 434 g/mol. The predicted molar refractivity (Wildman–Crippen MR) is 124 cm³/mol. The third kappa shape index (κ3) is 5.17. The summed E-state index contributed by atoms with van der Waals surface area (Å²) in [4.78, 5) is 25.7. The molecule has 0 aliphatic carbocycles. The van der Waals surface area contributed by atoms with Gasteiger partial charge in [0.2, 0.25) is 5.91 Å². The van der Waals surface area contributed by atoms with Gasteiger partial charge in [-0.15, -0.1) is 0 Å². The Kier molecular flexibility index (Phi) is 6.72. The number of hydrogen-bond donors (Lipinski definition) is 0. The van der Waals surface area contributed by atoms with E-state index in [9.17, 15) is 4.79 Å². The fourth-order valence-corrected chi connectivity index (χ4v) is 4.37. The van der Waals surface area contributed by atoms with Gasteiger partial charge in [0.25, 0.3) is 5.88 Å². The van der Waals surface area contributed by atoms with Crippen LogP contribution in [-0.4, -0.2) is 52.7 Å². The first-order valence-electron chi connectivity index (χ1n) is 10.4. The number of anilines is 1. The molecule has 1 amide bonds. The third-order valence-corrected chi connectivity index (χ3v) is 6.42. The molecule has 0 radical (unpaired) electrons. The fraction of sp³-hybridized carbons (Fsp3) is 0.292. The number of para-hydroxylation sites is 1. The highest BCUT2D eigenvalue weighted by Crippen LogP contribution is 2.29. The molecule has 4 rings (SSSR count). The van der Waals surface area contributed by atoms with Gasteiger partial charge >= 0.3 is 0 Å². The van der Waals surface area contributed by atoms with Crippen molar-refractivity contribution < 1.29 is 9.53 Å². The second-order valence-corrected chi connectivity index (χ2v) is 8.42. The maximum Gasteiger partial charge on any atom is 0.252 e. The first kappa shape index (κ1) is 21.2. The quantitative estimate of drug-likeness (QED) is 0.539. The van der Waals surface area contributed by atoms with Crippen LogP contribution in [0.1, 0.15) is 11.1 Å². The van der Waals surface area contributed by atoms with Crippen LogP contribution in [0.5, 0.6) is 11.6 Å². The van der Waals surface area contributed by atoms with Crippen molar-refractivity contribution >= 4 is 23.4 Å². The average Bonchev–Trinajstić information content (AvgIpc) is 2.81.